The summed E-state index contributed by atoms with van der Waals surface area (Å²) in [5, 5.41) is 0. The third-order valence-electron chi connectivity index (χ3n) is 8.64. The Morgan fingerprint density at radius 1 is 0.700 bits per heavy atom. The number of rotatable bonds is 14. The van der Waals surface area contributed by atoms with Gasteiger partial charge < -0.3 is 23.7 Å². The van der Waals surface area contributed by atoms with Crippen LogP contribution in [-0.4, -0.2) is 29.5 Å². The Bertz CT molecular complexity index is 1670. The number of hydrogen-bond donors (Lipinski definition) is 0. The fourth-order valence-corrected chi connectivity index (χ4v) is 5.76. The van der Waals surface area contributed by atoms with E-state index in [4.69, 9.17) is 23.7 Å². The average Bonchev–Trinajstić information content (AvgIpc) is 3.00. The Labute approximate surface area is 296 Å². The molecule has 0 aliphatic carbocycles. The number of esters is 4. The lowest BCUT2D eigenvalue weighted by Crippen LogP contribution is -2.36. The third kappa shape index (κ3) is 11.7. The second-order valence-corrected chi connectivity index (χ2v) is 13.6. The van der Waals surface area contributed by atoms with Gasteiger partial charge in [-0.1, -0.05) is 34.9 Å². The molecule has 50 heavy (non-hydrogen) atoms. The molecule has 1 aliphatic heterocycles. The van der Waals surface area contributed by atoms with Crippen molar-refractivity contribution in [2.24, 2.45) is 0 Å². The molecule has 270 valence electrons. The minimum absolute atomic E-state index is 0.0824. The van der Waals surface area contributed by atoms with Crippen molar-refractivity contribution in [2.75, 3.05) is 0 Å². The zero-order valence-corrected chi connectivity index (χ0v) is 31.3. The molecule has 0 spiro atoms. The zero-order chi connectivity index (χ0) is 37.2. The molecule has 0 N–H and O–H groups in total. The summed E-state index contributed by atoms with van der Waals surface area (Å²) in [6, 6.07) is 4.22. The van der Waals surface area contributed by atoms with Gasteiger partial charge in [-0.25, -0.2) is 4.79 Å². The summed E-state index contributed by atoms with van der Waals surface area (Å²) in [5.41, 5.74) is 6.34. The molecule has 2 aromatic rings. The Morgan fingerprint density at radius 3 is 1.78 bits per heavy atom. The van der Waals surface area contributed by atoms with E-state index in [0.717, 1.165) is 94.6 Å². The number of carbonyl (C=O) groups excluding carboxylic acids is 4. The second kappa shape index (κ2) is 17.8. The molecule has 0 radical (unpaired) electrons. The van der Waals surface area contributed by atoms with Gasteiger partial charge in [-0.05, 0) is 135 Å². The maximum atomic E-state index is 13.4. The van der Waals surface area contributed by atoms with Gasteiger partial charge in [-0.15, -0.1) is 0 Å². The summed E-state index contributed by atoms with van der Waals surface area (Å²) in [5.74, 6) is -2.69. The van der Waals surface area contributed by atoms with Crippen molar-refractivity contribution >= 4 is 23.9 Å². The molecule has 0 aromatic heterocycles. The van der Waals surface area contributed by atoms with E-state index in [1.54, 1.807) is 0 Å². The van der Waals surface area contributed by atoms with Crippen LogP contribution < -0.4 is 23.7 Å². The molecule has 0 saturated carbocycles. The van der Waals surface area contributed by atoms with Gasteiger partial charge in [0.1, 0.15) is 17.1 Å². The molecule has 3 rings (SSSR count). The Kier molecular flexibility index (Phi) is 14.2. The SMILES string of the molecule is CC(=O)Oc1cc(C(=O)Oc2cc3c(c(C)c2C)O[C@](C)(CCC=C(C)CCC=C(C)CCC=C(C)C)CC3)cc(OC(C)=O)c1OC(C)=O. The van der Waals surface area contributed by atoms with Crippen LogP contribution in [0.4, 0.5) is 0 Å². The predicted octanol–water partition coefficient (Wildman–Crippen LogP) is 9.58. The predicted molar refractivity (Wildman–Crippen MR) is 193 cm³/mol. The molecule has 0 unspecified atom stereocenters. The summed E-state index contributed by atoms with van der Waals surface area (Å²) in [6.45, 7) is 18.1. The van der Waals surface area contributed by atoms with Crippen molar-refractivity contribution in [1.29, 1.82) is 0 Å². The molecule has 1 atom stereocenters. The fraction of sp³-hybridized carbons (Fsp3) is 0.463. The van der Waals surface area contributed by atoms with Crippen LogP contribution in [-0.2, 0) is 20.8 Å². The quantitative estimate of drug-likeness (QED) is 0.109. The highest BCUT2D eigenvalue weighted by atomic mass is 16.6. The van der Waals surface area contributed by atoms with Crippen LogP contribution in [0, 0.1) is 13.8 Å². The largest absolute Gasteiger partial charge is 0.487 e. The first kappa shape index (κ1) is 39.8. The van der Waals surface area contributed by atoms with Gasteiger partial charge in [-0.3, -0.25) is 14.4 Å². The van der Waals surface area contributed by atoms with Gasteiger partial charge in [0.25, 0.3) is 0 Å². The summed E-state index contributed by atoms with van der Waals surface area (Å²) in [7, 11) is 0. The first-order valence-corrected chi connectivity index (χ1v) is 17.2. The highest BCUT2D eigenvalue weighted by Crippen LogP contribution is 2.43. The summed E-state index contributed by atoms with van der Waals surface area (Å²) in [6.07, 6.45) is 14.7. The monoisotopic (exact) mass is 688 g/mol. The molecule has 1 aliphatic rings. The molecule has 2 aromatic carbocycles. The molecule has 9 nitrogen and oxygen atoms in total. The molecule has 9 heteroatoms. The maximum Gasteiger partial charge on any atom is 0.343 e. The summed E-state index contributed by atoms with van der Waals surface area (Å²) >= 11 is 0. The third-order valence-corrected chi connectivity index (χ3v) is 8.64. The Morgan fingerprint density at radius 2 is 1.24 bits per heavy atom. The molecule has 1 heterocycles. The van der Waals surface area contributed by atoms with E-state index in [-0.39, 0.29) is 28.4 Å². The Balaban J connectivity index is 1.73. The van der Waals surface area contributed by atoms with Crippen LogP contribution >= 0.6 is 0 Å². The minimum Gasteiger partial charge on any atom is -0.487 e. The number of aryl methyl sites for hydroxylation is 1. The number of allylic oxidation sites excluding steroid dienone is 6. The van der Waals surface area contributed by atoms with Gasteiger partial charge in [0.2, 0.25) is 5.75 Å². The van der Waals surface area contributed by atoms with Gasteiger partial charge >= 0.3 is 23.9 Å². The number of benzene rings is 2. The number of fused-ring (bicyclic) bond motifs is 1. The molecule has 0 bridgehead atoms. The summed E-state index contributed by atoms with van der Waals surface area (Å²) < 4.78 is 28.0. The maximum absolute atomic E-state index is 13.4. The van der Waals surface area contributed by atoms with E-state index in [2.05, 4.69) is 52.8 Å². The van der Waals surface area contributed by atoms with E-state index in [9.17, 15) is 19.2 Å². The van der Waals surface area contributed by atoms with Crippen LogP contribution in [0.25, 0.3) is 0 Å². The van der Waals surface area contributed by atoms with Crippen molar-refractivity contribution < 1.29 is 42.9 Å². The van der Waals surface area contributed by atoms with E-state index in [1.807, 2.05) is 19.9 Å². The number of ether oxygens (including phenoxy) is 5. The lowest BCUT2D eigenvalue weighted by Gasteiger charge is -2.37. The first-order chi connectivity index (χ1) is 23.5. The highest BCUT2D eigenvalue weighted by Gasteiger charge is 2.33. The second-order valence-electron chi connectivity index (χ2n) is 13.6. The van der Waals surface area contributed by atoms with Crippen LogP contribution in [0.15, 0.2) is 53.1 Å². The normalized spacial score (nSPS) is 15.7. The van der Waals surface area contributed by atoms with Crippen LogP contribution in [0.2, 0.25) is 0 Å². The van der Waals surface area contributed by atoms with Crippen molar-refractivity contribution in [2.45, 2.75) is 126 Å². The van der Waals surface area contributed by atoms with Crippen LogP contribution in [0.5, 0.6) is 28.7 Å². The van der Waals surface area contributed by atoms with E-state index >= 15 is 0 Å². The number of carbonyl (C=O) groups is 4. The van der Waals surface area contributed by atoms with Crippen molar-refractivity contribution in [3.63, 3.8) is 0 Å². The topological polar surface area (TPSA) is 114 Å². The van der Waals surface area contributed by atoms with Crippen LogP contribution in [0.1, 0.15) is 127 Å². The Hall–Kier alpha value is -4.66. The van der Waals surface area contributed by atoms with Crippen LogP contribution in [0.3, 0.4) is 0 Å². The fourth-order valence-electron chi connectivity index (χ4n) is 5.76. The van der Waals surface area contributed by atoms with E-state index in [0.29, 0.717) is 5.75 Å². The number of hydrogen-bond acceptors (Lipinski definition) is 9. The van der Waals surface area contributed by atoms with E-state index in [1.165, 1.54) is 28.9 Å². The van der Waals surface area contributed by atoms with Gasteiger partial charge in [0, 0.05) is 20.8 Å². The standard InChI is InChI=1S/C41H52O9/c1-25(2)14-11-15-26(3)16-12-17-27(4)18-13-20-41(10)21-19-33-22-35(28(5)29(6)38(33)50-41)49-40(45)34-23-36(46-30(7)42)39(48-32(9)44)37(24-34)47-31(8)43/h14,16,18,22-24H,11-13,15,17,19-21H2,1-10H3/t41-/m1/s1. The van der Waals surface area contributed by atoms with Crippen molar-refractivity contribution in [3.8, 4) is 28.7 Å². The highest BCUT2D eigenvalue weighted by molar-refractivity contribution is 5.94. The lowest BCUT2D eigenvalue weighted by atomic mass is 9.86. The molecule has 0 saturated heterocycles. The smallest absolute Gasteiger partial charge is 0.343 e. The zero-order valence-electron chi connectivity index (χ0n) is 31.3. The summed E-state index contributed by atoms with van der Waals surface area (Å²) in [4.78, 5) is 48.8. The lowest BCUT2D eigenvalue weighted by molar-refractivity contribution is -0.135. The average molecular weight is 689 g/mol. The minimum atomic E-state index is -0.790. The van der Waals surface area contributed by atoms with Gasteiger partial charge in [0.15, 0.2) is 11.5 Å². The van der Waals surface area contributed by atoms with Gasteiger partial charge in [-0.2, -0.15) is 0 Å². The first-order valence-electron chi connectivity index (χ1n) is 17.2. The van der Waals surface area contributed by atoms with Crippen molar-refractivity contribution in [3.05, 3.63) is 75.4 Å². The van der Waals surface area contributed by atoms with Crippen molar-refractivity contribution in [1.82, 2.24) is 0 Å². The molecular formula is C41H52O9. The molecule has 0 amide bonds. The molecular weight excluding hydrogens is 636 g/mol. The van der Waals surface area contributed by atoms with Gasteiger partial charge in [0.05, 0.1) is 5.56 Å². The molecule has 0 fully saturated rings. The van der Waals surface area contributed by atoms with E-state index < -0.39 is 23.9 Å².